The number of aromatic nitrogens is 2. The molecule has 0 bridgehead atoms. The first kappa shape index (κ1) is 12.6. The Morgan fingerprint density at radius 2 is 1.90 bits per heavy atom. The van der Waals surface area contributed by atoms with E-state index in [9.17, 15) is 0 Å². The number of hydrogen-bond donors (Lipinski definition) is 0. The third-order valence-electron chi connectivity index (χ3n) is 3.21. The molecule has 100 valence electrons. The normalized spacial score (nSPS) is 10.7. The summed E-state index contributed by atoms with van der Waals surface area (Å²) < 4.78 is 7.66. The monoisotopic (exact) mass is 265 g/mol. The third kappa shape index (κ3) is 2.94. The zero-order chi connectivity index (χ0) is 13.8. The van der Waals surface area contributed by atoms with Crippen LogP contribution in [-0.2, 0) is 6.54 Å². The molecule has 0 aliphatic rings. The van der Waals surface area contributed by atoms with Crippen LogP contribution in [0.3, 0.4) is 0 Å². The van der Waals surface area contributed by atoms with Crippen LogP contribution in [0.4, 0.5) is 0 Å². The highest BCUT2D eigenvalue weighted by molar-refractivity contribution is 5.79. The lowest BCUT2D eigenvalue weighted by Gasteiger charge is -2.04. The summed E-state index contributed by atoms with van der Waals surface area (Å²) in [6.45, 7) is 3.41. The molecule has 0 atom stereocenters. The molecule has 0 amide bonds. The van der Waals surface area contributed by atoms with Crippen molar-refractivity contribution >= 4 is 10.8 Å². The van der Waals surface area contributed by atoms with Crippen molar-refractivity contribution in [2.24, 2.45) is 0 Å². The van der Waals surface area contributed by atoms with Crippen molar-refractivity contribution in [3.05, 3.63) is 66.5 Å². The van der Waals surface area contributed by atoms with Gasteiger partial charge in [0.05, 0.1) is 0 Å². The second-order valence-electron chi connectivity index (χ2n) is 4.83. The molecule has 0 spiro atoms. The van der Waals surface area contributed by atoms with Gasteiger partial charge in [-0.25, -0.2) is 0 Å². The molecular weight excluding hydrogens is 248 g/mol. The van der Waals surface area contributed by atoms with Crippen molar-refractivity contribution in [2.75, 3.05) is 6.61 Å². The predicted octanol–water partition coefficient (Wildman–Crippen LogP) is 2.91. The van der Waals surface area contributed by atoms with Gasteiger partial charge in [-0.15, -0.1) is 0 Å². The van der Waals surface area contributed by atoms with Crippen LogP contribution in [0.25, 0.3) is 10.8 Å². The van der Waals surface area contributed by atoms with Crippen LogP contribution in [0.15, 0.2) is 60.9 Å². The molecule has 0 N–H and O–H groups in total. The Balaban J connectivity index is 1.65. The maximum absolute atomic E-state index is 5.74. The first-order valence-corrected chi connectivity index (χ1v) is 6.75. The molecule has 0 radical (unpaired) electrons. The Morgan fingerprint density at radius 1 is 1.05 bits per heavy atom. The van der Waals surface area contributed by atoms with Crippen LogP contribution in [-0.4, -0.2) is 11.7 Å². The number of nitrogens with zero attached hydrogens (tertiary/aromatic N) is 2. The number of rotatable bonds is 4. The molecule has 1 aromatic heterocycles. The van der Waals surface area contributed by atoms with Crippen molar-refractivity contribution in [1.29, 1.82) is 0 Å². The maximum atomic E-state index is 5.74. The Kier molecular flexibility index (Phi) is 3.59. The fraction of sp³-hybridized carbons (Fsp3) is 0.176. The Bertz CT molecular complexity index is 725. The van der Waals surface area contributed by atoms with Gasteiger partial charge in [-0.05, 0) is 35.8 Å². The van der Waals surface area contributed by atoms with Gasteiger partial charge in [-0.1, -0.05) is 35.0 Å². The number of aryl methyl sites for hydroxylation is 1. The minimum Gasteiger partial charge on any atom is -0.487 e. The van der Waals surface area contributed by atoms with Gasteiger partial charge in [0, 0.05) is 10.8 Å². The molecule has 3 aromatic rings. The lowest BCUT2D eigenvalue weighted by Crippen LogP contribution is -2.40. The topological polar surface area (TPSA) is 26.0 Å². The lowest BCUT2D eigenvalue weighted by molar-refractivity contribution is -0.752. The van der Waals surface area contributed by atoms with E-state index in [1.807, 2.05) is 41.2 Å². The van der Waals surface area contributed by atoms with Crippen molar-refractivity contribution in [1.82, 2.24) is 5.10 Å². The van der Waals surface area contributed by atoms with E-state index in [4.69, 9.17) is 4.74 Å². The van der Waals surface area contributed by atoms with Crippen LogP contribution >= 0.6 is 0 Å². The van der Waals surface area contributed by atoms with E-state index in [-0.39, 0.29) is 0 Å². The summed E-state index contributed by atoms with van der Waals surface area (Å²) in [5, 5.41) is 6.74. The largest absolute Gasteiger partial charge is 0.487 e. The quantitative estimate of drug-likeness (QED) is 0.678. The number of fused-ring (bicyclic) bond motifs is 1. The summed E-state index contributed by atoms with van der Waals surface area (Å²) in [6.07, 6.45) is 3.94. The first-order valence-electron chi connectivity index (χ1n) is 6.75. The Morgan fingerprint density at radius 3 is 2.75 bits per heavy atom. The Labute approximate surface area is 118 Å². The minimum absolute atomic E-state index is 0.611. The van der Waals surface area contributed by atoms with Crippen LogP contribution in [0.2, 0.25) is 0 Å². The van der Waals surface area contributed by atoms with Crippen LogP contribution in [0, 0.1) is 6.92 Å². The van der Waals surface area contributed by atoms with E-state index in [2.05, 4.69) is 36.4 Å². The molecule has 0 unspecified atom stereocenters. The van der Waals surface area contributed by atoms with Gasteiger partial charge in [0.15, 0.2) is 0 Å². The van der Waals surface area contributed by atoms with E-state index in [0.717, 1.165) is 17.7 Å². The molecule has 0 aliphatic carbocycles. The summed E-state index contributed by atoms with van der Waals surface area (Å²) in [6, 6.07) is 16.3. The van der Waals surface area contributed by atoms with Gasteiger partial charge in [-0.2, -0.15) is 0 Å². The minimum atomic E-state index is 0.611. The Hall–Kier alpha value is -2.42. The summed E-state index contributed by atoms with van der Waals surface area (Å²) in [4.78, 5) is 0. The zero-order valence-electron chi connectivity index (χ0n) is 11.5. The second kappa shape index (κ2) is 5.70. The lowest BCUT2D eigenvalue weighted by atomic mass is 10.2. The number of benzene rings is 2. The maximum Gasteiger partial charge on any atom is 0.207 e. The second-order valence-corrected chi connectivity index (χ2v) is 4.83. The van der Waals surface area contributed by atoms with E-state index in [1.54, 1.807) is 0 Å². The van der Waals surface area contributed by atoms with Gasteiger partial charge in [0.2, 0.25) is 12.7 Å². The standard InChI is InChI=1S/C17H17N2O/c1-14-5-4-8-17(11-14)20-10-9-19-13-16-7-3-2-6-15(16)12-18-19/h2-8,11-13H,9-10H2,1H3/q+1. The van der Waals surface area contributed by atoms with E-state index in [1.165, 1.54) is 10.9 Å². The van der Waals surface area contributed by atoms with Crippen molar-refractivity contribution < 1.29 is 9.42 Å². The highest BCUT2D eigenvalue weighted by Crippen LogP contribution is 2.12. The fourth-order valence-electron chi connectivity index (χ4n) is 2.16. The van der Waals surface area contributed by atoms with Gasteiger partial charge in [0.25, 0.3) is 0 Å². The van der Waals surface area contributed by atoms with Crippen LogP contribution in [0.1, 0.15) is 5.56 Å². The number of ether oxygens (including phenoxy) is 1. The summed E-state index contributed by atoms with van der Waals surface area (Å²) in [5.41, 5.74) is 1.21. The average molecular weight is 265 g/mol. The molecule has 3 nitrogen and oxygen atoms in total. The zero-order valence-corrected chi connectivity index (χ0v) is 11.5. The molecule has 3 rings (SSSR count). The van der Waals surface area contributed by atoms with Gasteiger partial charge in [0.1, 0.15) is 18.6 Å². The molecule has 1 heterocycles. The smallest absolute Gasteiger partial charge is 0.207 e. The SMILES string of the molecule is Cc1cccc(OCC[n+]2cc3ccccc3cn2)c1. The van der Waals surface area contributed by atoms with Gasteiger partial charge < -0.3 is 4.74 Å². The molecule has 2 aromatic carbocycles. The summed E-state index contributed by atoms with van der Waals surface area (Å²) >= 11 is 0. The molecule has 20 heavy (non-hydrogen) atoms. The van der Waals surface area contributed by atoms with E-state index in [0.29, 0.717) is 6.61 Å². The highest BCUT2D eigenvalue weighted by atomic mass is 16.5. The van der Waals surface area contributed by atoms with E-state index < -0.39 is 0 Å². The molecule has 0 aliphatic heterocycles. The fourth-order valence-corrected chi connectivity index (χ4v) is 2.16. The molecule has 0 saturated heterocycles. The van der Waals surface area contributed by atoms with Gasteiger partial charge >= 0.3 is 0 Å². The first-order chi connectivity index (χ1) is 9.81. The van der Waals surface area contributed by atoms with E-state index >= 15 is 0 Å². The molecule has 0 fully saturated rings. The molecule has 0 saturated carbocycles. The predicted molar refractivity (Wildman–Crippen MR) is 78.6 cm³/mol. The van der Waals surface area contributed by atoms with Crippen molar-refractivity contribution in [3.63, 3.8) is 0 Å². The summed E-state index contributed by atoms with van der Waals surface area (Å²) in [7, 11) is 0. The molecule has 3 heteroatoms. The van der Waals surface area contributed by atoms with Crippen molar-refractivity contribution in [3.8, 4) is 5.75 Å². The van der Waals surface area contributed by atoms with Crippen molar-refractivity contribution in [2.45, 2.75) is 13.5 Å². The highest BCUT2D eigenvalue weighted by Gasteiger charge is 2.05. The van der Waals surface area contributed by atoms with Crippen LogP contribution < -0.4 is 9.42 Å². The third-order valence-corrected chi connectivity index (χ3v) is 3.21. The summed E-state index contributed by atoms with van der Waals surface area (Å²) in [5.74, 6) is 0.909. The molecular formula is C17H17N2O+. The average Bonchev–Trinajstić information content (AvgIpc) is 2.47. The van der Waals surface area contributed by atoms with Gasteiger partial charge in [-0.3, -0.25) is 0 Å². The number of hydrogen-bond acceptors (Lipinski definition) is 2. The van der Waals surface area contributed by atoms with Crippen LogP contribution in [0.5, 0.6) is 5.75 Å².